The van der Waals surface area contributed by atoms with E-state index in [4.69, 9.17) is 0 Å². The zero-order valence-corrected chi connectivity index (χ0v) is 14.0. The number of aromatic hydroxyl groups is 1. The molecule has 0 saturated carbocycles. The molecule has 4 rings (SSSR count). The summed E-state index contributed by atoms with van der Waals surface area (Å²) < 4.78 is 1.13. The molecular weight excluding hydrogens is 340 g/mol. The van der Waals surface area contributed by atoms with Gasteiger partial charge in [-0.1, -0.05) is 18.2 Å². The van der Waals surface area contributed by atoms with Crippen LogP contribution in [0.4, 0.5) is 5.69 Å². The second kappa shape index (κ2) is 6.07. The highest BCUT2D eigenvalue weighted by Gasteiger charge is 2.13. The number of phenolic OH excluding ortho intramolecular Hbond substituents is 1. The van der Waals surface area contributed by atoms with Gasteiger partial charge in [0, 0.05) is 11.8 Å². The van der Waals surface area contributed by atoms with Gasteiger partial charge in [0.25, 0.3) is 5.91 Å². The topological polar surface area (TPSA) is 62.2 Å². The van der Waals surface area contributed by atoms with Crippen LogP contribution in [-0.2, 0) is 0 Å². The molecule has 0 atom stereocenters. The minimum Gasteiger partial charge on any atom is -0.508 e. The van der Waals surface area contributed by atoms with E-state index in [9.17, 15) is 9.90 Å². The molecule has 0 aliphatic carbocycles. The van der Waals surface area contributed by atoms with Crippen molar-refractivity contribution in [3.05, 3.63) is 65.5 Å². The Morgan fingerprint density at radius 3 is 2.71 bits per heavy atom. The molecule has 2 aromatic carbocycles. The van der Waals surface area contributed by atoms with Gasteiger partial charge in [0.05, 0.1) is 20.0 Å². The molecule has 4 aromatic rings. The molecular formula is C18H12N2O2S2. The summed E-state index contributed by atoms with van der Waals surface area (Å²) in [6.07, 6.45) is 0. The number of thiazole rings is 1. The quantitative estimate of drug-likeness (QED) is 0.546. The summed E-state index contributed by atoms with van der Waals surface area (Å²) in [5, 5.41) is 13.2. The zero-order chi connectivity index (χ0) is 16.5. The number of hydrogen-bond donors (Lipinski definition) is 2. The number of amides is 1. The first kappa shape index (κ1) is 14.9. The molecule has 4 nitrogen and oxygen atoms in total. The van der Waals surface area contributed by atoms with Crippen LogP contribution in [-0.4, -0.2) is 16.0 Å². The summed E-state index contributed by atoms with van der Waals surface area (Å²) in [4.78, 5) is 18.5. The fourth-order valence-electron chi connectivity index (χ4n) is 2.33. The SMILES string of the molecule is O=C(Nc1cccc(O)c1)c1ccc(-c2nc3ccccc3s2)s1. The average molecular weight is 352 g/mol. The molecule has 6 heteroatoms. The zero-order valence-electron chi connectivity index (χ0n) is 12.4. The number of nitrogens with one attached hydrogen (secondary N) is 1. The van der Waals surface area contributed by atoms with Crippen LogP contribution in [0.5, 0.6) is 5.75 Å². The number of fused-ring (bicyclic) bond motifs is 1. The molecule has 0 bridgehead atoms. The van der Waals surface area contributed by atoms with Gasteiger partial charge in [-0.25, -0.2) is 4.98 Å². The van der Waals surface area contributed by atoms with Gasteiger partial charge < -0.3 is 10.4 Å². The van der Waals surface area contributed by atoms with Crippen molar-refractivity contribution in [2.75, 3.05) is 5.32 Å². The van der Waals surface area contributed by atoms with Crippen molar-refractivity contribution < 1.29 is 9.90 Å². The lowest BCUT2D eigenvalue weighted by atomic mass is 10.3. The first-order valence-electron chi connectivity index (χ1n) is 7.25. The van der Waals surface area contributed by atoms with Crippen molar-refractivity contribution in [2.24, 2.45) is 0 Å². The van der Waals surface area contributed by atoms with E-state index >= 15 is 0 Å². The number of anilines is 1. The first-order chi connectivity index (χ1) is 11.7. The third-order valence-corrected chi connectivity index (χ3v) is 5.73. The fraction of sp³-hybridized carbons (Fsp3) is 0. The summed E-state index contributed by atoms with van der Waals surface area (Å²) in [5.41, 5.74) is 1.53. The van der Waals surface area contributed by atoms with E-state index in [1.54, 1.807) is 35.6 Å². The van der Waals surface area contributed by atoms with Gasteiger partial charge in [-0.05, 0) is 36.4 Å². The second-order valence-electron chi connectivity index (χ2n) is 5.16. The van der Waals surface area contributed by atoms with Gasteiger partial charge >= 0.3 is 0 Å². The highest BCUT2D eigenvalue weighted by atomic mass is 32.1. The standard InChI is InChI=1S/C18H12N2O2S2/c21-12-5-3-4-11(10-12)19-17(22)15-8-9-16(23-15)18-20-13-6-1-2-7-14(13)24-18/h1-10,21H,(H,19,22). The predicted molar refractivity (Wildman–Crippen MR) is 99.0 cm³/mol. The normalized spacial score (nSPS) is 10.8. The molecule has 2 heterocycles. The Kier molecular flexibility index (Phi) is 3.76. The number of thiophene rings is 1. The number of hydrogen-bond acceptors (Lipinski definition) is 5. The lowest BCUT2D eigenvalue weighted by molar-refractivity contribution is 0.103. The number of phenols is 1. The Labute approximate surface area is 146 Å². The van der Waals surface area contributed by atoms with E-state index in [1.165, 1.54) is 17.4 Å². The van der Waals surface area contributed by atoms with Crippen LogP contribution < -0.4 is 5.32 Å². The number of rotatable bonds is 3. The van der Waals surface area contributed by atoms with E-state index in [2.05, 4.69) is 10.3 Å². The van der Waals surface area contributed by atoms with Crippen LogP contribution >= 0.6 is 22.7 Å². The number of aromatic nitrogens is 1. The molecule has 2 N–H and O–H groups in total. The number of nitrogens with zero attached hydrogens (tertiary/aromatic N) is 1. The summed E-state index contributed by atoms with van der Waals surface area (Å²) >= 11 is 3.02. The number of carbonyl (C=O) groups excluding carboxylic acids is 1. The molecule has 0 radical (unpaired) electrons. The Bertz CT molecular complexity index is 1000. The molecule has 0 fully saturated rings. The summed E-state index contributed by atoms with van der Waals surface area (Å²) in [6, 6.07) is 18.2. The maximum absolute atomic E-state index is 12.3. The molecule has 0 spiro atoms. The Morgan fingerprint density at radius 1 is 1.00 bits per heavy atom. The molecule has 0 aliphatic heterocycles. The first-order valence-corrected chi connectivity index (χ1v) is 8.88. The summed E-state index contributed by atoms with van der Waals surface area (Å²) in [5.74, 6) is -0.0768. The van der Waals surface area contributed by atoms with E-state index in [1.807, 2.05) is 30.3 Å². The lowest BCUT2D eigenvalue weighted by Gasteiger charge is -2.03. The largest absolute Gasteiger partial charge is 0.508 e. The van der Waals surface area contributed by atoms with Gasteiger partial charge in [-0.2, -0.15) is 0 Å². The van der Waals surface area contributed by atoms with E-state index in [0.717, 1.165) is 20.1 Å². The van der Waals surface area contributed by atoms with E-state index in [0.29, 0.717) is 10.6 Å². The predicted octanol–water partition coefficient (Wildman–Crippen LogP) is 4.98. The van der Waals surface area contributed by atoms with Crippen LogP contribution in [0.3, 0.4) is 0 Å². The van der Waals surface area contributed by atoms with Gasteiger partial charge in [0.2, 0.25) is 0 Å². The number of para-hydroxylation sites is 1. The third-order valence-electron chi connectivity index (χ3n) is 3.44. The van der Waals surface area contributed by atoms with Crippen LogP contribution in [0.2, 0.25) is 0 Å². The summed E-state index contributed by atoms with van der Waals surface area (Å²) in [7, 11) is 0. The molecule has 24 heavy (non-hydrogen) atoms. The molecule has 2 aromatic heterocycles. The van der Waals surface area contributed by atoms with Crippen molar-refractivity contribution in [3.8, 4) is 15.6 Å². The minimum atomic E-state index is -0.196. The molecule has 1 amide bonds. The smallest absolute Gasteiger partial charge is 0.265 e. The van der Waals surface area contributed by atoms with Crippen LogP contribution in [0.15, 0.2) is 60.7 Å². The maximum atomic E-state index is 12.3. The second-order valence-corrected chi connectivity index (χ2v) is 7.27. The van der Waals surface area contributed by atoms with Gasteiger partial charge in [0.15, 0.2) is 0 Å². The van der Waals surface area contributed by atoms with Crippen molar-refractivity contribution >= 4 is 44.5 Å². The molecule has 0 unspecified atom stereocenters. The lowest BCUT2D eigenvalue weighted by Crippen LogP contribution is -2.09. The van der Waals surface area contributed by atoms with E-state index in [-0.39, 0.29) is 11.7 Å². The third kappa shape index (κ3) is 2.89. The average Bonchev–Trinajstić information content (AvgIpc) is 3.21. The number of carbonyl (C=O) groups is 1. The molecule has 0 saturated heterocycles. The minimum absolute atomic E-state index is 0.120. The van der Waals surface area contributed by atoms with Crippen molar-refractivity contribution in [2.45, 2.75) is 0 Å². The van der Waals surface area contributed by atoms with Crippen molar-refractivity contribution in [3.63, 3.8) is 0 Å². The van der Waals surface area contributed by atoms with Gasteiger partial charge in [0.1, 0.15) is 10.8 Å². The molecule has 118 valence electrons. The Morgan fingerprint density at radius 2 is 1.88 bits per heavy atom. The monoisotopic (exact) mass is 352 g/mol. The summed E-state index contributed by atoms with van der Waals surface area (Å²) in [6.45, 7) is 0. The number of benzene rings is 2. The van der Waals surface area contributed by atoms with Crippen LogP contribution in [0.1, 0.15) is 9.67 Å². The van der Waals surface area contributed by atoms with Crippen molar-refractivity contribution in [1.29, 1.82) is 0 Å². The van der Waals surface area contributed by atoms with Crippen molar-refractivity contribution in [1.82, 2.24) is 4.98 Å². The van der Waals surface area contributed by atoms with Crippen LogP contribution in [0, 0.1) is 0 Å². The van der Waals surface area contributed by atoms with Gasteiger partial charge in [-0.3, -0.25) is 4.79 Å². The van der Waals surface area contributed by atoms with Gasteiger partial charge in [-0.15, -0.1) is 22.7 Å². The molecule has 0 aliphatic rings. The highest BCUT2D eigenvalue weighted by molar-refractivity contribution is 7.26. The Balaban J connectivity index is 1.58. The van der Waals surface area contributed by atoms with E-state index < -0.39 is 0 Å². The van der Waals surface area contributed by atoms with Crippen LogP contribution in [0.25, 0.3) is 20.1 Å². The fourth-order valence-corrected chi connectivity index (χ4v) is 4.25. The Hall–Kier alpha value is -2.70. The maximum Gasteiger partial charge on any atom is 0.265 e. The highest BCUT2D eigenvalue weighted by Crippen LogP contribution is 2.34.